The third-order valence-electron chi connectivity index (χ3n) is 3.64. The molecule has 0 bridgehead atoms. The number of imidazole rings is 1. The average molecular weight is 267 g/mol. The van der Waals surface area contributed by atoms with Crippen molar-refractivity contribution in [3.8, 4) is 22.9 Å². The summed E-state index contributed by atoms with van der Waals surface area (Å²) in [4.78, 5) is 8.73. The molecule has 5 heteroatoms. The largest absolute Gasteiger partial charge is 0.504 e. The molecule has 5 nitrogen and oxygen atoms in total. The number of phenols is 2. The Morgan fingerprint density at radius 1 is 1.10 bits per heavy atom. The molecule has 0 radical (unpaired) electrons. The molecule has 1 aliphatic carbocycles. The number of benzene rings is 1. The van der Waals surface area contributed by atoms with Gasteiger partial charge in [-0.15, -0.1) is 0 Å². The molecule has 20 heavy (non-hydrogen) atoms. The molecule has 0 spiro atoms. The van der Waals surface area contributed by atoms with E-state index in [4.69, 9.17) is 0 Å². The highest BCUT2D eigenvalue weighted by molar-refractivity contribution is 5.80. The van der Waals surface area contributed by atoms with Crippen LogP contribution in [0.25, 0.3) is 22.4 Å². The van der Waals surface area contributed by atoms with E-state index in [2.05, 4.69) is 14.5 Å². The summed E-state index contributed by atoms with van der Waals surface area (Å²) in [5.41, 5.74) is 2.70. The summed E-state index contributed by atoms with van der Waals surface area (Å²) < 4.78 is 2.20. The van der Waals surface area contributed by atoms with Gasteiger partial charge in [-0.3, -0.25) is 4.98 Å². The highest BCUT2D eigenvalue weighted by Gasteiger charge is 2.28. The number of fused-ring (bicyclic) bond motifs is 1. The topological polar surface area (TPSA) is 71.2 Å². The average Bonchev–Trinajstić information content (AvgIpc) is 3.22. The lowest BCUT2D eigenvalue weighted by atomic mass is 10.2. The monoisotopic (exact) mass is 267 g/mol. The van der Waals surface area contributed by atoms with Crippen LogP contribution in [0, 0.1) is 0 Å². The molecule has 2 heterocycles. The Bertz CT molecular complexity index is 806. The molecule has 0 amide bonds. The van der Waals surface area contributed by atoms with Crippen LogP contribution >= 0.6 is 0 Å². The van der Waals surface area contributed by atoms with E-state index < -0.39 is 0 Å². The molecule has 1 aromatic carbocycles. The molecule has 0 unspecified atom stereocenters. The van der Waals surface area contributed by atoms with Crippen molar-refractivity contribution in [1.29, 1.82) is 0 Å². The van der Waals surface area contributed by atoms with Crippen LogP contribution in [0.3, 0.4) is 0 Å². The van der Waals surface area contributed by atoms with E-state index in [1.165, 1.54) is 6.07 Å². The first kappa shape index (κ1) is 11.3. The van der Waals surface area contributed by atoms with Crippen LogP contribution in [0.5, 0.6) is 11.5 Å². The maximum absolute atomic E-state index is 9.68. The fourth-order valence-corrected chi connectivity index (χ4v) is 2.52. The third-order valence-corrected chi connectivity index (χ3v) is 3.64. The van der Waals surface area contributed by atoms with Crippen LogP contribution in [-0.2, 0) is 0 Å². The molecule has 0 saturated heterocycles. The van der Waals surface area contributed by atoms with Gasteiger partial charge in [0.25, 0.3) is 0 Å². The van der Waals surface area contributed by atoms with Crippen molar-refractivity contribution in [3.05, 3.63) is 36.7 Å². The molecule has 1 saturated carbocycles. The van der Waals surface area contributed by atoms with E-state index in [0.717, 1.165) is 35.3 Å². The molecule has 0 aliphatic heterocycles. The number of rotatable bonds is 2. The number of phenolic OH excluding ortho intramolecular Hbond substituents is 2. The van der Waals surface area contributed by atoms with Gasteiger partial charge in [0.2, 0.25) is 0 Å². The summed E-state index contributed by atoms with van der Waals surface area (Å²) in [6, 6.07) is 7.23. The van der Waals surface area contributed by atoms with Gasteiger partial charge in [0.1, 0.15) is 11.3 Å². The van der Waals surface area contributed by atoms with Gasteiger partial charge in [0, 0.05) is 17.8 Å². The SMILES string of the molecule is Oc1ccc(-c2nc3cnccc3n2C2CC2)cc1O. The lowest BCUT2D eigenvalue weighted by Crippen LogP contribution is -1.97. The van der Waals surface area contributed by atoms with Crippen molar-refractivity contribution < 1.29 is 10.2 Å². The molecule has 1 aliphatic rings. The molecule has 2 N–H and O–H groups in total. The number of hydrogen-bond donors (Lipinski definition) is 2. The fourth-order valence-electron chi connectivity index (χ4n) is 2.52. The van der Waals surface area contributed by atoms with Crippen LogP contribution in [0.4, 0.5) is 0 Å². The van der Waals surface area contributed by atoms with Gasteiger partial charge in [-0.25, -0.2) is 4.98 Å². The van der Waals surface area contributed by atoms with E-state index in [0.29, 0.717) is 6.04 Å². The first-order valence-electron chi connectivity index (χ1n) is 6.58. The molecule has 2 aromatic heterocycles. The predicted octanol–water partition coefficient (Wildman–Crippen LogP) is 2.84. The maximum atomic E-state index is 9.68. The minimum Gasteiger partial charge on any atom is -0.504 e. The van der Waals surface area contributed by atoms with Crippen molar-refractivity contribution in [1.82, 2.24) is 14.5 Å². The summed E-state index contributed by atoms with van der Waals surface area (Å²) in [6.45, 7) is 0. The highest BCUT2D eigenvalue weighted by Crippen LogP contribution is 2.42. The standard InChI is InChI=1S/C15H13N3O2/c19-13-4-1-9(7-14(13)20)15-17-11-8-16-6-5-12(11)18(15)10-2-3-10/h1,4-8,10,19-20H,2-3H2. The Labute approximate surface area is 115 Å². The van der Waals surface area contributed by atoms with E-state index >= 15 is 0 Å². The van der Waals surface area contributed by atoms with Crippen LogP contribution in [0.15, 0.2) is 36.7 Å². The van der Waals surface area contributed by atoms with Crippen molar-refractivity contribution in [2.45, 2.75) is 18.9 Å². The van der Waals surface area contributed by atoms with Gasteiger partial charge in [-0.05, 0) is 37.1 Å². The lowest BCUT2D eigenvalue weighted by Gasteiger charge is -2.08. The number of hydrogen-bond acceptors (Lipinski definition) is 4. The summed E-state index contributed by atoms with van der Waals surface area (Å²) in [7, 11) is 0. The second-order valence-corrected chi connectivity index (χ2v) is 5.10. The number of aromatic hydroxyl groups is 2. The Balaban J connectivity index is 1.98. The summed E-state index contributed by atoms with van der Waals surface area (Å²) in [6.07, 6.45) is 5.80. The van der Waals surface area contributed by atoms with Gasteiger partial charge in [-0.2, -0.15) is 0 Å². The van der Waals surface area contributed by atoms with Gasteiger partial charge >= 0.3 is 0 Å². The fraction of sp³-hybridized carbons (Fsp3) is 0.200. The first-order chi connectivity index (χ1) is 9.74. The molecular weight excluding hydrogens is 254 g/mol. The van der Waals surface area contributed by atoms with Crippen LogP contribution in [0.2, 0.25) is 0 Å². The molecule has 0 atom stereocenters. The molecule has 100 valence electrons. The predicted molar refractivity (Wildman–Crippen MR) is 74.6 cm³/mol. The second kappa shape index (κ2) is 3.96. The quantitative estimate of drug-likeness (QED) is 0.700. The Morgan fingerprint density at radius 3 is 2.70 bits per heavy atom. The minimum absolute atomic E-state index is 0.121. The normalized spacial score (nSPS) is 14.8. The van der Waals surface area contributed by atoms with E-state index in [9.17, 15) is 10.2 Å². The minimum atomic E-state index is -0.130. The van der Waals surface area contributed by atoms with Crippen molar-refractivity contribution in [2.75, 3.05) is 0 Å². The maximum Gasteiger partial charge on any atom is 0.158 e. The van der Waals surface area contributed by atoms with Gasteiger partial charge in [0.15, 0.2) is 11.5 Å². The van der Waals surface area contributed by atoms with Gasteiger partial charge in [0.05, 0.1) is 11.7 Å². The number of pyridine rings is 1. The zero-order valence-corrected chi connectivity index (χ0v) is 10.7. The molecular formula is C15H13N3O2. The zero-order valence-electron chi connectivity index (χ0n) is 10.7. The number of aromatic nitrogens is 3. The van der Waals surface area contributed by atoms with Gasteiger partial charge < -0.3 is 14.8 Å². The van der Waals surface area contributed by atoms with Crippen LogP contribution in [0.1, 0.15) is 18.9 Å². The Morgan fingerprint density at radius 2 is 1.95 bits per heavy atom. The second-order valence-electron chi connectivity index (χ2n) is 5.10. The van der Waals surface area contributed by atoms with E-state index in [-0.39, 0.29) is 11.5 Å². The molecule has 4 rings (SSSR count). The molecule has 3 aromatic rings. The van der Waals surface area contributed by atoms with E-state index in [1.807, 2.05) is 6.07 Å². The van der Waals surface area contributed by atoms with Crippen molar-refractivity contribution in [3.63, 3.8) is 0 Å². The Hall–Kier alpha value is -2.56. The summed E-state index contributed by atoms with van der Waals surface area (Å²) in [5, 5.41) is 19.1. The Kier molecular flexibility index (Phi) is 2.24. The molecule has 1 fully saturated rings. The summed E-state index contributed by atoms with van der Waals surface area (Å²) >= 11 is 0. The van der Waals surface area contributed by atoms with Crippen molar-refractivity contribution in [2.24, 2.45) is 0 Å². The summed E-state index contributed by atoms with van der Waals surface area (Å²) in [5.74, 6) is 0.560. The number of nitrogens with zero attached hydrogens (tertiary/aromatic N) is 3. The van der Waals surface area contributed by atoms with Crippen molar-refractivity contribution >= 4 is 11.0 Å². The first-order valence-corrected chi connectivity index (χ1v) is 6.58. The third kappa shape index (κ3) is 1.63. The van der Waals surface area contributed by atoms with Crippen LogP contribution in [-0.4, -0.2) is 24.7 Å². The smallest absolute Gasteiger partial charge is 0.158 e. The highest BCUT2D eigenvalue weighted by atomic mass is 16.3. The lowest BCUT2D eigenvalue weighted by molar-refractivity contribution is 0.404. The zero-order chi connectivity index (χ0) is 13.7. The van der Waals surface area contributed by atoms with Gasteiger partial charge in [-0.1, -0.05) is 0 Å². The van der Waals surface area contributed by atoms with Crippen LogP contribution < -0.4 is 0 Å². The van der Waals surface area contributed by atoms with E-state index in [1.54, 1.807) is 24.5 Å².